The minimum atomic E-state index is -4.53. The van der Waals surface area contributed by atoms with Gasteiger partial charge in [0.2, 0.25) is 0 Å². The highest BCUT2D eigenvalue weighted by molar-refractivity contribution is 9.10. The first-order chi connectivity index (χ1) is 18.0. The molecular weight excluding hydrogens is 581 g/mol. The number of amides is 1. The lowest BCUT2D eigenvalue weighted by atomic mass is 9.91. The lowest BCUT2D eigenvalue weighted by Crippen LogP contribution is -2.40. The molecule has 5 rings (SSSR count). The summed E-state index contributed by atoms with van der Waals surface area (Å²) < 4.78 is 43.8. The third-order valence-corrected chi connectivity index (χ3v) is 8.04. The van der Waals surface area contributed by atoms with E-state index in [1.807, 2.05) is 0 Å². The molecule has 0 aliphatic carbocycles. The second-order valence-corrected chi connectivity index (χ2v) is 11.8. The molecule has 12 heteroatoms. The van der Waals surface area contributed by atoms with Crippen molar-refractivity contribution in [2.24, 2.45) is 5.92 Å². The standard InChI is InChI=1S/C26H26BrF3N6OS/c1-25(2)13-15-9-11-18(17-5-3-6-19(31-17)26(28,29)30)32-21-7-4-8-22(34-21)38-35-24(37)16-10-12-20(27)33-23(16)36(25)14-15/h3-8,10,12,15,18H,9,11,13-14H2,1-2H3,(H,32,34)(H,35,37). The Morgan fingerprint density at radius 2 is 1.84 bits per heavy atom. The van der Waals surface area contributed by atoms with E-state index in [4.69, 9.17) is 0 Å². The number of pyridine rings is 3. The van der Waals surface area contributed by atoms with Crippen LogP contribution in [0.4, 0.5) is 24.8 Å². The fraction of sp³-hybridized carbons (Fsp3) is 0.385. The van der Waals surface area contributed by atoms with Gasteiger partial charge >= 0.3 is 6.18 Å². The molecular formula is C26H26BrF3N6OS. The lowest BCUT2D eigenvalue weighted by molar-refractivity contribution is -0.141. The van der Waals surface area contributed by atoms with E-state index < -0.39 is 17.9 Å². The number of nitrogens with one attached hydrogen (secondary N) is 2. The quantitative estimate of drug-likeness (QED) is 0.237. The Hall–Kier alpha value is -2.86. The summed E-state index contributed by atoms with van der Waals surface area (Å²) in [6, 6.07) is 12.3. The average molecular weight is 607 g/mol. The van der Waals surface area contributed by atoms with Gasteiger partial charge in [0.25, 0.3) is 5.91 Å². The molecule has 3 aromatic rings. The summed E-state index contributed by atoms with van der Waals surface area (Å²) in [5.41, 5.74) is -0.429. The molecule has 1 saturated heterocycles. The number of alkyl halides is 3. The van der Waals surface area contributed by atoms with Gasteiger partial charge in [-0.1, -0.05) is 12.1 Å². The van der Waals surface area contributed by atoms with E-state index in [1.54, 1.807) is 36.4 Å². The number of nitrogens with zero attached hydrogens (tertiary/aromatic N) is 4. The normalized spacial score (nSPS) is 21.5. The molecule has 4 bridgehead atoms. The monoisotopic (exact) mass is 606 g/mol. The molecule has 2 aliphatic heterocycles. The highest BCUT2D eigenvalue weighted by Crippen LogP contribution is 2.41. The van der Waals surface area contributed by atoms with Crippen LogP contribution in [-0.4, -0.2) is 32.9 Å². The Kier molecular flexibility index (Phi) is 7.29. The first kappa shape index (κ1) is 26.7. The number of rotatable bonds is 1. The van der Waals surface area contributed by atoms with Crippen LogP contribution in [-0.2, 0) is 6.18 Å². The van der Waals surface area contributed by atoms with Gasteiger partial charge in [-0.05, 0) is 91.4 Å². The van der Waals surface area contributed by atoms with Crippen molar-refractivity contribution in [1.82, 2.24) is 19.7 Å². The number of carbonyl (C=O) groups excluding carboxylic acids is 1. The molecule has 200 valence electrons. The van der Waals surface area contributed by atoms with Crippen molar-refractivity contribution in [3.8, 4) is 0 Å². The number of aromatic nitrogens is 3. The number of fused-ring (bicyclic) bond motifs is 6. The van der Waals surface area contributed by atoms with Crippen LogP contribution in [0.5, 0.6) is 0 Å². The fourth-order valence-electron chi connectivity index (χ4n) is 5.15. The molecule has 1 fully saturated rings. The Morgan fingerprint density at radius 3 is 2.63 bits per heavy atom. The van der Waals surface area contributed by atoms with Crippen LogP contribution in [0.15, 0.2) is 58.2 Å². The molecule has 7 nitrogen and oxygen atoms in total. The molecule has 1 amide bonds. The predicted molar refractivity (Wildman–Crippen MR) is 144 cm³/mol. The molecule has 38 heavy (non-hydrogen) atoms. The van der Waals surface area contributed by atoms with Crippen LogP contribution in [0, 0.1) is 5.92 Å². The minimum absolute atomic E-state index is 0.232. The van der Waals surface area contributed by atoms with Crippen LogP contribution in [0.3, 0.4) is 0 Å². The van der Waals surface area contributed by atoms with Crippen molar-refractivity contribution < 1.29 is 18.0 Å². The van der Waals surface area contributed by atoms with Crippen LogP contribution in [0.2, 0.25) is 0 Å². The zero-order valence-corrected chi connectivity index (χ0v) is 23.1. The maximum atomic E-state index is 13.4. The number of halogens is 4. The van der Waals surface area contributed by atoms with Gasteiger partial charge in [-0.3, -0.25) is 9.52 Å². The molecule has 2 unspecified atom stereocenters. The van der Waals surface area contributed by atoms with Gasteiger partial charge in [0.05, 0.1) is 17.3 Å². The van der Waals surface area contributed by atoms with Crippen LogP contribution < -0.4 is 14.9 Å². The molecule has 0 aromatic carbocycles. The summed E-state index contributed by atoms with van der Waals surface area (Å²) in [6.45, 7) is 4.90. The van der Waals surface area contributed by atoms with Gasteiger partial charge in [-0.25, -0.2) is 15.0 Å². The van der Waals surface area contributed by atoms with Gasteiger partial charge < -0.3 is 10.2 Å². The van der Waals surface area contributed by atoms with E-state index in [1.165, 1.54) is 6.07 Å². The highest BCUT2D eigenvalue weighted by atomic mass is 79.9. The van der Waals surface area contributed by atoms with E-state index in [2.05, 4.69) is 59.7 Å². The van der Waals surface area contributed by atoms with Crippen molar-refractivity contribution in [2.45, 2.75) is 55.9 Å². The Balaban J connectivity index is 1.54. The van der Waals surface area contributed by atoms with E-state index in [0.717, 1.165) is 30.9 Å². The molecule has 0 radical (unpaired) electrons. The van der Waals surface area contributed by atoms with Gasteiger partial charge in [-0.15, -0.1) is 0 Å². The maximum Gasteiger partial charge on any atom is 0.433 e. The van der Waals surface area contributed by atoms with E-state index in [-0.39, 0.29) is 17.4 Å². The van der Waals surface area contributed by atoms with Crippen molar-refractivity contribution in [3.05, 3.63) is 70.1 Å². The van der Waals surface area contributed by atoms with Crippen LogP contribution >= 0.6 is 27.9 Å². The molecule has 2 N–H and O–H groups in total. The van der Waals surface area contributed by atoms with Gasteiger partial charge in [0.1, 0.15) is 27.0 Å². The van der Waals surface area contributed by atoms with E-state index in [9.17, 15) is 18.0 Å². The van der Waals surface area contributed by atoms with Gasteiger partial charge in [0, 0.05) is 24.0 Å². The summed E-state index contributed by atoms with van der Waals surface area (Å²) in [6.07, 6.45) is -2.40. The molecule has 2 aliphatic rings. The molecule has 0 saturated carbocycles. The molecule has 2 atom stereocenters. The first-order valence-corrected chi connectivity index (χ1v) is 13.8. The lowest BCUT2D eigenvalue weighted by Gasteiger charge is -2.33. The SMILES string of the molecule is CC1(C)CC2CCC(c3cccc(C(F)(F)F)n3)Nc3cccc(n3)SNC(=O)c3ccc(Br)nc3N1C2. The minimum Gasteiger partial charge on any atom is -0.362 e. The van der Waals surface area contributed by atoms with E-state index >= 15 is 0 Å². The number of anilines is 2. The summed E-state index contributed by atoms with van der Waals surface area (Å²) in [5.74, 6) is 1.03. The summed E-state index contributed by atoms with van der Waals surface area (Å²) in [7, 11) is 0. The predicted octanol–water partition coefficient (Wildman–Crippen LogP) is 6.64. The van der Waals surface area contributed by atoms with Crippen molar-refractivity contribution in [3.63, 3.8) is 0 Å². The zero-order valence-electron chi connectivity index (χ0n) is 20.7. The highest BCUT2D eigenvalue weighted by Gasteiger charge is 2.41. The second-order valence-electron chi connectivity index (χ2n) is 10.1. The van der Waals surface area contributed by atoms with Crippen molar-refractivity contribution >= 4 is 45.4 Å². The third-order valence-electron chi connectivity index (χ3n) is 6.88. The first-order valence-electron chi connectivity index (χ1n) is 12.2. The fourth-order valence-corrected chi connectivity index (χ4v) is 6.04. The number of carbonyl (C=O) groups is 1. The Labute approximate surface area is 231 Å². The van der Waals surface area contributed by atoms with Gasteiger partial charge in [0.15, 0.2) is 0 Å². The largest absolute Gasteiger partial charge is 0.433 e. The number of hydrogen-bond acceptors (Lipinski definition) is 7. The van der Waals surface area contributed by atoms with Crippen molar-refractivity contribution in [1.29, 1.82) is 0 Å². The molecule has 0 spiro atoms. The number of hydrogen-bond donors (Lipinski definition) is 2. The van der Waals surface area contributed by atoms with Crippen LogP contribution in [0.1, 0.15) is 60.9 Å². The Morgan fingerprint density at radius 1 is 1.05 bits per heavy atom. The molecule has 5 heterocycles. The maximum absolute atomic E-state index is 13.4. The molecule has 3 aromatic heterocycles. The van der Waals surface area contributed by atoms with Crippen molar-refractivity contribution in [2.75, 3.05) is 16.8 Å². The van der Waals surface area contributed by atoms with Gasteiger partial charge in [-0.2, -0.15) is 13.2 Å². The summed E-state index contributed by atoms with van der Waals surface area (Å²) >= 11 is 4.51. The second kappa shape index (κ2) is 10.4. The third kappa shape index (κ3) is 5.75. The summed E-state index contributed by atoms with van der Waals surface area (Å²) in [4.78, 5) is 28.6. The smallest absolute Gasteiger partial charge is 0.362 e. The zero-order chi connectivity index (χ0) is 27.1. The average Bonchev–Trinajstić information content (AvgIpc) is 3.18. The summed E-state index contributed by atoms with van der Waals surface area (Å²) in [5, 5.41) is 3.83. The Bertz CT molecular complexity index is 1350. The van der Waals surface area contributed by atoms with E-state index in [0.29, 0.717) is 45.5 Å². The van der Waals surface area contributed by atoms with Crippen LogP contribution in [0.25, 0.3) is 0 Å². The topological polar surface area (TPSA) is 83.0 Å².